The number of hydrogen-bond donors (Lipinski definition) is 2. The van der Waals surface area contributed by atoms with Gasteiger partial charge in [0.1, 0.15) is 11.6 Å². The molecule has 2 aromatic carbocycles. The highest BCUT2D eigenvalue weighted by Gasteiger charge is 2.14. The molecule has 2 amide bonds. The van der Waals surface area contributed by atoms with Crippen LogP contribution in [0.2, 0.25) is 5.02 Å². The lowest BCUT2D eigenvalue weighted by Crippen LogP contribution is -2.41. The van der Waals surface area contributed by atoms with E-state index in [1.165, 1.54) is 29.5 Å². The SMILES string of the molecule is O=C(NNC(=O)c1ccc(F)cc1Cl)c1ccc(-c2ccc(F)cc2)s1. The highest BCUT2D eigenvalue weighted by molar-refractivity contribution is 7.17. The summed E-state index contributed by atoms with van der Waals surface area (Å²) in [7, 11) is 0. The van der Waals surface area contributed by atoms with Gasteiger partial charge in [0.25, 0.3) is 11.8 Å². The van der Waals surface area contributed by atoms with Crippen molar-refractivity contribution in [2.45, 2.75) is 0 Å². The van der Waals surface area contributed by atoms with E-state index in [1.807, 2.05) is 0 Å². The summed E-state index contributed by atoms with van der Waals surface area (Å²) in [4.78, 5) is 25.3. The Kier molecular flexibility index (Phi) is 5.29. The fourth-order valence-corrected chi connectivity index (χ4v) is 3.31. The fourth-order valence-electron chi connectivity index (χ4n) is 2.15. The van der Waals surface area contributed by atoms with Crippen LogP contribution in [0.4, 0.5) is 8.78 Å². The highest BCUT2D eigenvalue weighted by atomic mass is 35.5. The van der Waals surface area contributed by atoms with Crippen LogP contribution in [-0.2, 0) is 0 Å². The predicted octanol–water partition coefficient (Wildman–Crippen LogP) is 4.42. The number of hydrogen-bond acceptors (Lipinski definition) is 3. The Balaban J connectivity index is 1.65. The number of carbonyl (C=O) groups is 2. The van der Waals surface area contributed by atoms with Crippen LogP contribution in [0, 0.1) is 11.6 Å². The lowest BCUT2D eigenvalue weighted by Gasteiger charge is -2.07. The molecule has 0 unspecified atom stereocenters. The highest BCUT2D eigenvalue weighted by Crippen LogP contribution is 2.28. The maximum atomic E-state index is 13.0. The van der Waals surface area contributed by atoms with Gasteiger partial charge in [0.05, 0.1) is 15.5 Å². The van der Waals surface area contributed by atoms with Crippen molar-refractivity contribution >= 4 is 34.8 Å². The molecule has 1 heterocycles. The molecule has 132 valence electrons. The molecular weight excluding hydrogens is 382 g/mol. The summed E-state index contributed by atoms with van der Waals surface area (Å²) in [5.74, 6) is -2.10. The third kappa shape index (κ3) is 4.07. The number of amides is 2. The summed E-state index contributed by atoms with van der Waals surface area (Å²) in [5.41, 5.74) is 5.31. The number of hydrazine groups is 1. The quantitative estimate of drug-likeness (QED) is 0.648. The molecule has 4 nitrogen and oxygen atoms in total. The Hall–Kier alpha value is -2.77. The van der Waals surface area contributed by atoms with Gasteiger partial charge in [-0.3, -0.25) is 20.4 Å². The summed E-state index contributed by atoms with van der Waals surface area (Å²) < 4.78 is 26.0. The van der Waals surface area contributed by atoms with Crippen LogP contribution in [0.5, 0.6) is 0 Å². The zero-order valence-electron chi connectivity index (χ0n) is 13.1. The molecule has 0 spiro atoms. The van der Waals surface area contributed by atoms with E-state index in [9.17, 15) is 18.4 Å². The summed E-state index contributed by atoms with van der Waals surface area (Å²) in [6, 6.07) is 12.5. The number of benzene rings is 2. The number of halogens is 3. The van der Waals surface area contributed by atoms with Crippen LogP contribution in [0.25, 0.3) is 10.4 Å². The molecule has 0 bridgehead atoms. The van der Waals surface area contributed by atoms with Crippen molar-refractivity contribution in [3.8, 4) is 10.4 Å². The lowest BCUT2D eigenvalue weighted by atomic mass is 10.2. The van der Waals surface area contributed by atoms with Crippen molar-refractivity contribution in [1.29, 1.82) is 0 Å². The summed E-state index contributed by atoms with van der Waals surface area (Å²) in [6.45, 7) is 0. The smallest absolute Gasteiger partial charge is 0.267 e. The first kappa shape index (κ1) is 18.0. The first-order chi connectivity index (χ1) is 12.4. The molecule has 0 atom stereocenters. The first-order valence-corrected chi connectivity index (χ1v) is 8.55. The minimum atomic E-state index is -0.668. The van der Waals surface area contributed by atoms with Crippen molar-refractivity contribution in [2.75, 3.05) is 0 Å². The van der Waals surface area contributed by atoms with Gasteiger partial charge in [-0.2, -0.15) is 0 Å². The monoisotopic (exact) mass is 392 g/mol. The van der Waals surface area contributed by atoms with E-state index in [4.69, 9.17) is 11.6 Å². The molecule has 0 fully saturated rings. The Labute approximate surface area is 156 Å². The van der Waals surface area contributed by atoms with Gasteiger partial charge in [-0.25, -0.2) is 8.78 Å². The first-order valence-electron chi connectivity index (χ1n) is 7.35. The average Bonchev–Trinajstić information content (AvgIpc) is 3.10. The second-order valence-corrected chi connectivity index (χ2v) is 6.69. The summed E-state index contributed by atoms with van der Waals surface area (Å²) in [5, 5.41) is -0.0635. The molecule has 0 saturated heterocycles. The van der Waals surface area contributed by atoms with E-state index in [2.05, 4.69) is 10.9 Å². The summed E-state index contributed by atoms with van der Waals surface area (Å²) in [6.07, 6.45) is 0. The molecule has 2 N–H and O–H groups in total. The molecule has 0 aliphatic carbocycles. The molecule has 3 aromatic rings. The topological polar surface area (TPSA) is 58.2 Å². The van der Waals surface area contributed by atoms with Gasteiger partial charge in [0, 0.05) is 4.88 Å². The van der Waals surface area contributed by atoms with Gasteiger partial charge in [-0.1, -0.05) is 23.7 Å². The van der Waals surface area contributed by atoms with Gasteiger partial charge < -0.3 is 0 Å². The van der Waals surface area contributed by atoms with Crippen LogP contribution >= 0.6 is 22.9 Å². The number of rotatable bonds is 3. The van der Waals surface area contributed by atoms with Gasteiger partial charge in [-0.15, -0.1) is 11.3 Å². The van der Waals surface area contributed by atoms with Crippen molar-refractivity contribution in [3.05, 3.63) is 81.7 Å². The Morgan fingerprint density at radius 3 is 2.19 bits per heavy atom. The minimum Gasteiger partial charge on any atom is -0.267 e. The molecule has 26 heavy (non-hydrogen) atoms. The van der Waals surface area contributed by atoms with Crippen LogP contribution < -0.4 is 10.9 Å². The van der Waals surface area contributed by atoms with Crippen LogP contribution in [0.3, 0.4) is 0 Å². The van der Waals surface area contributed by atoms with Gasteiger partial charge >= 0.3 is 0 Å². The van der Waals surface area contributed by atoms with Gasteiger partial charge in [0.2, 0.25) is 0 Å². The number of thiophene rings is 1. The lowest BCUT2D eigenvalue weighted by molar-refractivity contribution is 0.0849. The molecule has 8 heteroatoms. The van der Waals surface area contributed by atoms with E-state index < -0.39 is 17.6 Å². The van der Waals surface area contributed by atoms with E-state index in [0.29, 0.717) is 4.88 Å². The predicted molar refractivity (Wildman–Crippen MR) is 96.1 cm³/mol. The molecule has 0 aliphatic heterocycles. The molecule has 0 radical (unpaired) electrons. The molecule has 3 rings (SSSR count). The second-order valence-electron chi connectivity index (χ2n) is 5.20. The second kappa shape index (κ2) is 7.63. The van der Waals surface area contributed by atoms with E-state index in [-0.39, 0.29) is 16.4 Å². The van der Waals surface area contributed by atoms with Crippen LogP contribution in [-0.4, -0.2) is 11.8 Å². The number of nitrogens with one attached hydrogen (secondary N) is 2. The average molecular weight is 393 g/mol. The largest absolute Gasteiger partial charge is 0.279 e. The Morgan fingerprint density at radius 2 is 1.50 bits per heavy atom. The molecular formula is C18H11ClF2N2O2S. The third-order valence-electron chi connectivity index (χ3n) is 3.42. The maximum Gasteiger partial charge on any atom is 0.279 e. The zero-order chi connectivity index (χ0) is 18.7. The van der Waals surface area contributed by atoms with Crippen molar-refractivity contribution in [2.24, 2.45) is 0 Å². The third-order valence-corrected chi connectivity index (χ3v) is 4.87. The fraction of sp³-hybridized carbons (Fsp3) is 0. The maximum absolute atomic E-state index is 13.0. The van der Waals surface area contributed by atoms with Crippen molar-refractivity contribution < 1.29 is 18.4 Å². The zero-order valence-corrected chi connectivity index (χ0v) is 14.6. The number of carbonyl (C=O) groups excluding carboxylic acids is 2. The van der Waals surface area contributed by atoms with Crippen LogP contribution in [0.1, 0.15) is 20.0 Å². The van der Waals surface area contributed by atoms with Crippen molar-refractivity contribution in [3.63, 3.8) is 0 Å². The van der Waals surface area contributed by atoms with Crippen molar-refractivity contribution in [1.82, 2.24) is 10.9 Å². The van der Waals surface area contributed by atoms with Gasteiger partial charge in [-0.05, 0) is 48.0 Å². The van der Waals surface area contributed by atoms with E-state index >= 15 is 0 Å². The summed E-state index contributed by atoms with van der Waals surface area (Å²) >= 11 is 6.99. The molecule has 0 saturated carbocycles. The normalized spacial score (nSPS) is 10.4. The molecule has 0 aliphatic rings. The van der Waals surface area contributed by atoms with E-state index in [1.54, 1.807) is 24.3 Å². The Bertz CT molecular complexity index is 974. The van der Waals surface area contributed by atoms with E-state index in [0.717, 1.165) is 22.6 Å². The minimum absolute atomic E-state index is 0.0338. The Morgan fingerprint density at radius 1 is 0.846 bits per heavy atom. The standard InChI is InChI=1S/C18H11ClF2N2O2S/c19-14-9-12(21)5-6-13(14)17(24)22-23-18(25)16-8-7-15(26-16)10-1-3-11(20)4-2-10/h1-9H,(H,22,24)(H,23,25). The molecule has 1 aromatic heterocycles. The van der Waals surface area contributed by atoms with Gasteiger partial charge in [0.15, 0.2) is 0 Å². The van der Waals surface area contributed by atoms with Crippen LogP contribution in [0.15, 0.2) is 54.6 Å².